The Morgan fingerprint density at radius 1 is 1.11 bits per heavy atom. The van der Waals surface area contributed by atoms with Crippen LogP contribution in [0.15, 0.2) is 18.2 Å². The molecule has 1 aromatic carbocycles. The first kappa shape index (κ1) is 16.2. The molecule has 0 fully saturated rings. The maximum Gasteiger partial charge on any atom is 0.0478 e. The van der Waals surface area contributed by atoms with Crippen LogP contribution < -0.4 is 5.32 Å². The van der Waals surface area contributed by atoms with Crippen molar-refractivity contribution >= 4 is 0 Å². The molecule has 0 aliphatic carbocycles. The Morgan fingerprint density at radius 3 is 2.53 bits per heavy atom. The van der Waals surface area contributed by atoms with Crippen LogP contribution in [0.1, 0.15) is 55.8 Å². The molecule has 2 nitrogen and oxygen atoms in total. The van der Waals surface area contributed by atoms with E-state index in [1.807, 2.05) is 0 Å². The van der Waals surface area contributed by atoms with Gasteiger partial charge in [0.25, 0.3) is 0 Å². The number of hydrogen-bond donors (Lipinski definition) is 1. The van der Waals surface area contributed by atoms with E-state index in [1.54, 1.807) is 0 Å². The van der Waals surface area contributed by atoms with Crippen LogP contribution >= 0.6 is 0 Å². The molecule has 0 aliphatic rings. The van der Waals surface area contributed by atoms with Gasteiger partial charge in [-0.25, -0.2) is 0 Å². The number of rotatable bonds is 9. The summed E-state index contributed by atoms with van der Waals surface area (Å²) in [5.74, 6) is 0. The van der Waals surface area contributed by atoms with E-state index in [0.717, 1.165) is 26.2 Å². The zero-order chi connectivity index (χ0) is 14.1. The van der Waals surface area contributed by atoms with Crippen molar-refractivity contribution in [2.24, 2.45) is 0 Å². The predicted octanol–water partition coefficient (Wildman–Crippen LogP) is 4.16. The maximum atomic E-state index is 5.56. The van der Waals surface area contributed by atoms with Crippen LogP contribution in [0.4, 0.5) is 0 Å². The van der Waals surface area contributed by atoms with Crippen molar-refractivity contribution in [3.63, 3.8) is 0 Å². The Kier molecular flexibility index (Phi) is 7.76. The van der Waals surface area contributed by atoms with Crippen LogP contribution in [-0.4, -0.2) is 19.8 Å². The molecule has 0 radical (unpaired) electrons. The van der Waals surface area contributed by atoms with Crippen molar-refractivity contribution in [1.82, 2.24) is 5.32 Å². The van der Waals surface area contributed by atoms with Gasteiger partial charge in [0.05, 0.1) is 0 Å². The second-order valence-corrected chi connectivity index (χ2v) is 5.34. The Balaban J connectivity index is 2.20. The molecule has 1 unspecified atom stereocenters. The van der Waals surface area contributed by atoms with Crippen LogP contribution in [0.3, 0.4) is 0 Å². The summed E-state index contributed by atoms with van der Waals surface area (Å²) in [6.45, 7) is 11.5. The number of ether oxygens (including phenoxy) is 1. The van der Waals surface area contributed by atoms with E-state index in [0.29, 0.717) is 6.04 Å². The van der Waals surface area contributed by atoms with Crippen molar-refractivity contribution < 1.29 is 4.74 Å². The van der Waals surface area contributed by atoms with E-state index in [9.17, 15) is 0 Å². The van der Waals surface area contributed by atoms with Gasteiger partial charge < -0.3 is 10.1 Å². The standard InChI is InChI=1S/C17H29NO/c1-5-6-11-19-12-7-10-18-16(4)17-9-8-14(2)15(3)13-17/h8-9,13,16,18H,5-7,10-12H2,1-4H3. The molecule has 1 rings (SSSR count). The molecular formula is C17H29NO. The molecule has 0 saturated carbocycles. The molecule has 0 heterocycles. The lowest BCUT2D eigenvalue weighted by atomic mass is 10.0. The number of aryl methyl sites for hydroxylation is 2. The highest BCUT2D eigenvalue weighted by Crippen LogP contribution is 2.16. The SMILES string of the molecule is CCCCOCCCNC(C)c1ccc(C)c(C)c1. The molecule has 108 valence electrons. The van der Waals surface area contributed by atoms with E-state index in [4.69, 9.17) is 4.74 Å². The Morgan fingerprint density at radius 2 is 1.84 bits per heavy atom. The molecule has 0 spiro atoms. The Hall–Kier alpha value is -0.860. The highest BCUT2D eigenvalue weighted by atomic mass is 16.5. The minimum absolute atomic E-state index is 0.412. The summed E-state index contributed by atoms with van der Waals surface area (Å²) in [5.41, 5.74) is 4.10. The van der Waals surface area contributed by atoms with Gasteiger partial charge in [-0.1, -0.05) is 31.5 Å². The summed E-state index contributed by atoms with van der Waals surface area (Å²) >= 11 is 0. The molecular weight excluding hydrogens is 234 g/mol. The molecule has 2 heteroatoms. The summed E-state index contributed by atoms with van der Waals surface area (Å²) in [6.07, 6.45) is 3.47. The third kappa shape index (κ3) is 6.22. The van der Waals surface area contributed by atoms with Gasteiger partial charge in [-0.05, 0) is 56.8 Å². The monoisotopic (exact) mass is 263 g/mol. The number of nitrogens with one attached hydrogen (secondary N) is 1. The zero-order valence-electron chi connectivity index (χ0n) is 13.0. The molecule has 0 saturated heterocycles. The fourth-order valence-electron chi connectivity index (χ4n) is 1.99. The summed E-state index contributed by atoms with van der Waals surface area (Å²) in [4.78, 5) is 0. The first-order valence-electron chi connectivity index (χ1n) is 7.53. The lowest BCUT2D eigenvalue weighted by molar-refractivity contribution is 0.128. The summed E-state index contributed by atoms with van der Waals surface area (Å²) < 4.78 is 5.56. The molecule has 0 aromatic heterocycles. The lowest BCUT2D eigenvalue weighted by Crippen LogP contribution is -2.21. The molecule has 0 bridgehead atoms. The van der Waals surface area contributed by atoms with E-state index >= 15 is 0 Å². The smallest absolute Gasteiger partial charge is 0.0478 e. The van der Waals surface area contributed by atoms with Crippen molar-refractivity contribution in [3.8, 4) is 0 Å². The topological polar surface area (TPSA) is 21.3 Å². The summed E-state index contributed by atoms with van der Waals surface area (Å²) in [7, 11) is 0. The average Bonchev–Trinajstić information content (AvgIpc) is 2.40. The van der Waals surface area contributed by atoms with Gasteiger partial charge >= 0.3 is 0 Å². The number of benzene rings is 1. The zero-order valence-corrected chi connectivity index (χ0v) is 13.0. The van der Waals surface area contributed by atoms with Gasteiger partial charge in [0.15, 0.2) is 0 Å². The largest absolute Gasteiger partial charge is 0.381 e. The van der Waals surface area contributed by atoms with Gasteiger partial charge in [0.1, 0.15) is 0 Å². The number of unbranched alkanes of at least 4 members (excludes halogenated alkanes) is 1. The Bertz CT molecular complexity index is 362. The van der Waals surface area contributed by atoms with Gasteiger partial charge in [-0.3, -0.25) is 0 Å². The van der Waals surface area contributed by atoms with Crippen LogP contribution in [-0.2, 0) is 4.74 Å². The second kappa shape index (κ2) is 9.11. The highest BCUT2D eigenvalue weighted by molar-refractivity contribution is 5.31. The van der Waals surface area contributed by atoms with E-state index < -0.39 is 0 Å². The normalized spacial score (nSPS) is 12.6. The van der Waals surface area contributed by atoms with Crippen LogP contribution in [0.25, 0.3) is 0 Å². The maximum absolute atomic E-state index is 5.56. The molecule has 0 amide bonds. The molecule has 19 heavy (non-hydrogen) atoms. The third-order valence-electron chi connectivity index (χ3n) is 3.59. The third-order valence-corrected chi connectivity index (χ3v) is 3.59. The minimum Gasteiger partial charge on any atom is -0.381 e. The van der Waals surface area contributed by atoms with E-state index in [1.165, 1.54) is 29.5 Å². The van der Waals surface area contributed by atoms with Crippen LogP contribution in [0.5, 0.6) is 0 Å². The van der Waals surface area contributed by atoms with Crippen LogP contribution in [0, 0.1) is 13.8 Å². The minimum atomic E-state index is 0.412. The average molecular weight is 263 g/mol. The van der Waals surface area contributed by atoms with E-state index in [-0.39, 0.29) is 0 Å². The molecule has 1 aromatic rings. The van der Waals surface area contributed by atoms with Crippen LogP contribution in [0.2, 0.25) is 0 Å². The second-order valence-electron chi connectivity index (χ2n) is 5.34. The molecule has 0 aliphatic heterocycles. The van der Waals surface area contributed by atoms with Gasteiger partial charge in [-0.15, -0.1) is 0 Å². The van der Waals surface area contributed by atoms with Gasteiger partial charge in [0, 0.05) is 19.3 Å². The predicted molar refractivity (Wildman–Crippen MR) is 82.7 cm³/mol. The fourth-order valence-corrected chi connectivity index (χ4v) is 1.99. The van der Waals surface area contributed by atoms with Gasteiger partial charge in [-0.2, -0.15) is 0 Å². The first-order chi connectivity index (χ1) is 9.15. The molecule has 1 N–H and O–H groups in total. The Labute approximate surface area is 118 Å². The first-order valence-corrected chi connectivity index (χ1v) is 7.53. The van der Waals surface area contributed by atoms with E-state index in [2.05, 4.69) is 51.2 Å². The summed E-state index contributed by atoms with van der Waals surface area (Å²) in [6, 6.07) is 7.12. The van der Waals surface area contributed by atoms with Crippen molar-refractivity contribution in [2.45, 2.75) is 53.0 Å². The lowest BCUT2D eigenvalue weighted by Gasteiger charge is -2.15. The summed E-state index contributed by atoms with van der Waals surface area (Å²) in [5, 5.41) is 3.56. The molecule has 1 atom stereocenters. The van der Waals surface area contributed by atoms with Crippen molar-refractivity contribution in [1.29, 1.82) is 0 Å². The van der Waals surface area contributed by atoms with Crippen molar-refractivity contribution in [2.75, 3.05) is 19.8 Å². The van der Waals surface area contributed by atoms with Gasteiger partial charge in [0.2, 0.25) is 0 Å². The number of hydrogen-bond acceptors (Lipinski definition) is 2. The highest BCUT2D eigenvalue weighted by Gasteiger charge is 2.05. The fraction of sp³-hybridized carbons (Fsp3) is 0.647. The quantitative estimate of drug-likeness (QED) is 0.675. The van der Waals surface area contributed by atoms with Crippen molar-refractivity contribution in [3.05, 3.63) is 34.9 Å².